The molecule has 1 aromatic rings. The lowest BCUT2D eigenvalue weighted by atomic mass is 9.95. The number of likely N-dealkylation sites (tertiary alicyclic amines) is 1. The number of aryl methyl sites for hydroxylation is 1. The molecule has 5 nitrogen and oxygen atoms in total. The Bertz CT molecular complexity index is 653. The van der Waals surface area contributed by atoms with Crippen LogP contribution in [0.4, 0.5) is 0 Å². The van der Waals surface area contributed by atoms with E-state index < -0.39 is 0 Å². The molecule has 3 aliphatic heterocycles. The number of hydrogen-bond acceptors (Lipinski definition) is 4. The van der Waals surface area contributed by atoms with Gasteiger partial charge in [-0.25, -0.2) is 0 Å². The molecule has 3 saturated heterocycles. The number of imide groups is 1. The van der Waals surface area contributed by atoms with Gasteiger partial charge in [-0.15, -0.1) is 11.3 Å². The molecule has 2 unspecified atom stereocenters. The second kappa shape index (κ2) is 5.44. The quantitative estimate of drug-likeness (QED) is 0.781. The average Bonchev–Trinajstić information content (AvgIpc) is 3.16. The molecule has 3 fully saturated rings. The van der Waals surface area contributed by atoms with Crippen molar-refractivity contribution in [3.05, 3.63) is 21.9 Å². The molecule has 0 N–H and O–H groups in total. The van der Waals surface area contributed by atoms with Crippen LogP contribution in [-0.2, 0) is 9.59 Å². The Morgan fingerprint density at radius 1 is 1.04 bits per heavy atom. The predicted octanol–water partition coefficient (Wildman–Crippen LogP) is 2.34. The van der Waals surface area contributed by atoms with Gasteiger partial charge in [0.1, 0.15) is 0 Å². The van der Waals surface area contributed by atoms with E-state index in [1.807, 2.05) is 24.0 Å². The molecule has 2 bridgehead atoms. The lowest BCUT2D eigenvalue weighted by Gasteiger charge is -2.41. The molecule has 3 amide bonds. The average molecular weight is 332 g/mol. The monoisotopic (exact) mass is 332 g/mol. The van der Waals surface area contributed by atoms with Gasteiger partial charge in [-0.05, 0) is 44.7 Å². The van der Waals surface area contributed by atoms with Crippen molar-refractivity contribution in [1.29, 1.82) is 0 Å². The fraction of sp³-hybridized carbons (Fsp3) is 0.588. The van der Waals surface area contributed by atoms with Gasteiger partial charge in [0.15, 0.2) is 0 Å². The second-order valence-corrected chi connectivity index (χ2v) is 8.08. The van der Waals surface area contributed by atoms with Crippen LogP contribution in [0.5, 0.6) is 0 Å². The number of fused-ring (bicyclic) bond motifs is 2. The van der Waals surface area contributed by atoms with Crippen molar-refractivity contribution in [3.63, 3.8) is 0 Å². The molecule has 122 valence electrons. The van der Waals surface area contributed by atoms with Crippen molar-refractivity contribution in [3.8, 4) is 0 Å². The predicted molar refractivity (Wildman–Crippen MR) is 86.1 cm³/mol. The van der Waals surface area contributed by atoms with Crippen LogP contribution in [0.2, 0.25) is 0 Å². The Labute approximate surface area is 139 Å². The summed E-state index contributed by atoms with van der Waals surface area (Å²) in [5.74, 6) is 0.0502. The minimum Gasteiger partial charge on any atom is -0.332 e. The van der Waals surface area contributed by atoms with E-state index in [4.69, 9.17) is 0 Å². The molecular formula is C17H20N2O3S. The van der Waals surface area contributed by atoms with Crippen LogP contribution in [0.1, 0.15) is 53.1 Å². The van der Waals surface area contributed by atoms with E-state index >= 15 is 0 Å². The minimum atomic E-state index is -0.0342. The molecule has 23 heavy (non-hydrogen) atoms. The molecule has 6 heteroatoms. The summed E-state index contributed by atoms with van der Waals surface area (Å²) in [6.07, 6.45) is 4.14. The van der Waals surface area contributed by atoms with Gasteiger partial charge in [0, 0.05) is 35.8 Å². The summed E-state index contributed by atoms with van der Waals surface area (Å²) in [6.45, 7) is 2.01. The summed E-state index contributed by atoms with van der Waals surface area (Å²) >= 11 is 1.54. The summed E-state index contributed by atoms with van der Waals surface area (Å²) < 4.78 is 0. The van der Waals surface area contributed by atoms with Crippen LogP contribution in [0.15, 0.2) is 12.1 Å². The molecule has 4 heterocycles. The first-order valence-electron chi connectivity index (χ1n) is 8.28. The van der Waals surface area contributed by atoms with E-state index in [-0.39, 0.29) is 35.8 Å². The van der Waals surface area contributed by atoms with Crippen LogP contribution in [0.25, 0.3) is 0 Å². The minimum absolute atomic E-state index is 0.0101. The second-order valence-electron chi connectivity index (χ2n) is 6.79. The van der Waals surface area contributed by atoms with Crippen molar-refractivity contribution >= 4 is 29.1 Å². The topological polar surface area (TPSA) is 57.7 Å². The number of piperidine rings is 1. The first-order valence-corrected chi connectivity index (χ1v) is 9.10. The van der Waals surface area contributed by atoms with Crippen LogP contribution in [0, 0.1) is 6.92 Å². The van der Waals surface area contributed by atoms with Gasteiger partial charge in [0.2, 0.25) is 11.8 Å². The van der Waals surface area contributed by atoms with Gasteiger partial charge < -0.3 is 4.90 Å². The molecule has 4 rings (SSSR count). The van der Waals surface area contributed by atoms with Crippen molar-refractivity contribution in [2.24, 2.45) is 0 Å². The Hall–Kier alpha value is -1.69. The summed E-state index contributed by atoms with van der Waals surface area (Å²) in [5, 5.41) is 0. The maximum absolute atomic E-state index is 12.8. The van der Waals surface area contributed by atoms with Crippen LogP contribution >= 0.6 is 11.3 Å². The number of thiophene rings is 1. The Kier molecular flexibility index (Phi) is 3.52. The Morgan fingerprint density at radius 2 is 1.65 bits per heavy atom. The van der Waals surface area contributed by atoms with Gasteiger partial charge in [-0.2, -0.15) is 0 Å². The van der Waals surface area contributed by atoms with Gasteiger partial charge in [0.05, 0.1) is 4.88 Å². The largest absolute Gasteiger partial charge is 0.332 e. The molecule has 0 spiro atoms. The summed E-state index contributed by atoms with van der Waals surface area (Å²) in [6, 6.07) is 4.20. The normalized spacial score (nSPS) is 30.4. The van der Waals surface area contributed by atoms with Gasteiger partial charge >= 0.3 is 0 Å². The fourth-order valence-electron chi connectivity index (χ4n) is 4.37. The molecule has 0 aliphatic carbocycles. The van der Waals surface area contributed by atoms with Gasteiger partial charge in [0.25, 0.3) is 5.91 Å². The highest BCUT2D eigenvalue weighted by molar-refractivity contribution is 7.13. The van der Waals surface area contributed by atoms with Crippen LogP contribution in [0.3, 0.4) is 0 Å². The first kappa shape index (κ1) is 14.9. The van der Waals surface area contributed by atoms with Crippen molar-refractivity contribution in [1.82, 2.24) is 9.80 Å². The molecule has 1 aromatic heterocycles. The lowest BCUT2D eigenvalue weighted by Crippen LogP contribution is -2.53. The molecule has 3 aliphatic rings. The maximum atomic E-state index is 12.8. The number of nitrogens with zero attached hydrogens (tertiary/aromatic N) is 2. The maximum Gasteiger partial charge on any atom is 0.264 e. The molecule has 0 aromatic carbocycles. The highest BCUT2D eigenvalue weighted by atomic mass is 32.1. The molecule has 2 atom stereocenters. The van der Waals surface area contributed by atoms with Crippen LogP contribution in [-0.4, -0.2) is 45.6 Å². The molecule has 0 saturated carbocycles. The molecule has 0 radical (unpaired) electrons. The number of carbonyl (C=O) groups is 3. The lowest BCUT2D eigenvalue weighted by molar-refractivity contribution is -0.142. The fourth-order valence-corrected chi connectivity index (χ4v) is 5.18. The summed E-state index contributed by atoms with van der Waals surface area (Å²) in [4.78, 5) is 42.2. The van der Waals surface area contributed by atoms with E-state index in [0.717, 1.165) is 35.4 Å². The van der Waals surface area contributed by atoms with Crippen molar-refractivity contribution in [2.75, 3.05) is 0 Å². The van der Waals surface area contributed by atoms with E-state index in [1.165, 1.54) is 16.2 Å². The van der Waals surface area contributed by atoms with Gasteiger partial charge in [-0.3, -0.25) is 19.3 Å². The first-order chi connectivity index (χ1) is 11.0. The Balaban J connectivity index is 1.53. The third-order valence-corrected chi connectivity index (χ3v) is 6.34. The van der Waals surface area contributed by atoms with Crippen molar-refractivity contribution in [2.45, 2.75) is 63.6 Å². The third-order valence-electron chi connectivity index (χ3n) is 5.35. The summed E-state index contributed by atoms with van der Waals surface area (Å²) in [7, 11) is 0. The third kappa shape index (κ3) is 2.40. The van der Waals surface area contributed by atoms with E-state index in [1.54, 1.807) is 0 Å². The standard InChI is InChI=1S/C17H20N2O3S/c1-10-2-5-14(23-10)17(22)18-11-3-4-12(18)9-13(8-11)19-15(20)6-7-16(19)21/h2,5,11-13H,3-4,6-9H2,1H3. The van der Waals surface area contributed by atoms with Gasteiger partial charge in [-0.1, -0.05) is 0 Å². The zero-order valence-electron chi connectivity index (χ0n) is 13.2. The van der Waals surface area contributed by atoms with E-state index in [2.05, 4.69) is 0 Å². The number of amides is 3. The summed E-state index contributed by atoms with van der Waals surface area (Å²) in [5.41, 5.74) is 0. The van der Waals surface area contributed by atoms with Crippen molar-refractivity contribution < 1.29 is 14.4 Å². The zero-order chi connectivity index (χ0) is 16.1. The molecular weight excluding hydrogens is 312 g/mol. The number of hydrogen-bond donors (Lipinski definition) is 0. The highest BCUT2D eigenvalue weighted by Crippen LogP contribution is 2.40. The van der Waals surface area contributed by atoms with Crippen LogP contribution < -0.4 is 0 Å². The smallest absolute Gasteiger partial charge is 0.264 e. The van der Waals surface area contributed by atoms with E-state index in [9.17, 15) is 14.4 Å². The number of carbonyl (C=O) groups excluding carboxylic acids is 3. The Morgan fingerprint density at radius 3 is 2.17 bits per heavy atom. The number of rotatable bonds is 2. The zero-order valence-corrected chi connectivity index (χ0v) is 14.0. The SMILES string of the molecule is Cc1ccc(C(=O)N2C3CCC2CC(N2C(=O)CCC2=O)C3)s1. The highest BCUT2D eigenvalue weighted by Gasteiger charge is 2.48. The van der Waals surface area contributed by atoms with E-state index in [0.29, 0.717) is 12.8 Å².